The first-order valence-electron chi connectivity index (χ1n) is 8.40. The van der Waals surface area contributed by atoms with Crippen molar-refractivity contribution in [3.63, 3.8) is 0 Å². The van der Waals surface area contributed by atoms with Crippen LogP contribution in [-0.4, -0.2) is 22.5 Å². The molecule has 5 heteroatoms. The van der Waals surface area contributed by atoms with Gasteiger partial charge in [0, 0.05) is 11.9 Å². The smallest absolute Gasteiger partial charge is 0.253 e. The van der Waals surface area contributed by atoms with Crippen LogP contribution in [0.1, 0.15) is 11.1 Å². The van der Waals surface area contributed by atoms with E-state index in [1.165, 1.54) is 11.1 Å². The van der Waals surface area contributed by atoms with Crippen LogP contribution < -0.4 is 9.80 Å². The Morgan fingerprint density at radius 2 is 1.62 bits per heavy atom. The fourth-order valence-electron chi connectivity index (χ4n) is 3.07. The molecule has 26 heavy (non-hydrogen) atoms. The SMILES string of the molecule is O=C1CN(c2ccc(Cc3ccccc3)cc2)C(=S)N1c1cccnc1. The predicted octanol–water partition coefficient (Wildman–Crippen LogP) is 3.81. The highest BCUT2D eigenvalue weighted by Gasteiger charge is 2.34. The Balaban J connectivity index is 1.53. The molecule has 128 valence electrons. The lowest BCUT2D eigenvalue weighted by atomic mass is 10.0. The van der Waals surface area contributed by atoms with Gasteiger partial charge in [0.05, 0.1) is 11.9 Å². The number of thiocarbonyl (C=S) groups is 1. The highest BCUT2D eigenvalue weighted by Crippen LogP contribution is 2.26. The van der Waals surface area contributed by atoms with Crippen molar-refractivity contribution in [3.05, 3.63) is 90.3 Å². The topological polar surface area (TPSA) is 36.4 Å². The number of anilines is 2. The minimum Gasteiger partial charge on any atom is -0.309 e. The Hall–Kier alpha value is -3.05. The summed E-state index contributed by atoms with van der Waals surface area (Å²) in [6, 6.07) is 22.2. The van der Waals surface area contributed by atoms with Crippen LogP contribution >= 0.6 is 12.2 Å². The van der Waals surface area contributed by atoms with Gasteiger partial charge in [-0.15, -0.1) is 0 Å². The Bertz CT molecular complexity index is 926. The van der Waals surface area contributed by atoms with E-state index in [2.05, 4.69) is 29.2 Å². The minimum absolute atomic E-state index is 0.0450. The van der Waals surface area contributed by atoms with Gasteiger partial charge >= 0.3 is 0 Å². The van der Waals surface area contributed by atoms with Gasteiger partial charge in [0.2, 0.25) is 0 Å². The number of carbonyl (C=O) groups excluding carboxylic acids is 1. The van der Waals surface area contributed by atoms with Gasteiger partial charge in [0.25, 0.3) is 5.91 Å². The summed E-state index contributed by atoms with van der Waals surface area (Å²) in [5, 5.41) is 0.485. The molecule has 0 aliphatic carbocycles. The summed E-state index contributed by atoms with van der Waals surface area (Å²) in [6.45, 7) is 0.242. The molecule has 0 unspecified atom stereocenters. The molecule has 2 heterocycles. The van der Waals surface area contributed by atoms with E-state index in [0.29, 0.717) is 10.8 Å². The third-order valence-corrected chi connectivity index (χ3v) is 4.77. The number of benzene rings is 2. The molecule has 1 saturated heterocycles. The van der Waals surface area contributed by atoms with Crippen molar-refractivity contribution in [1.29, 1.82) is 0 Å². The monoisotopic (exact) mass is 359 g/mol. The van der Waals surface area contributed by atoms with Gasteiger partial charge < -0.3 is 4.90 Å². The molecule has 0 atom stereocenters. The molecule has 1 aliphatic rings. The fourth-order valence-corrected chi connectivity index (χ4v) is 3.45. The molecule has 0 saturated carbocycles. The van der Waals surface area contributed by atoms with Crippen LogP contribution in [0.3, 0.4) is 0 Å². The Morgan fingerprint density at radius 3 is 2.31 bits per heavy atom. The first-order valence-corrected chi connectivity index (χ1v) is 8.80. The molecule has 0 bridgehead atoms. The van der Waals surface area contributed by atoms with Crippen molar-refractivity contribution >= 4 is 34.6 Å². The third kappa shape index (κ3) is 3.21. The second-order valence-electron chi connectivity index (χ2n) is 6.14. The lowest BCUT2D eigenvalue weighted by Gasteiger charge is -2.20. The maximum Gasteiger partial charge on any atom is 0.253 e. The van der Waals surface area contributed by atoms with E-state index < -0.39 is 0 Å². The standard InChI is InChI=1S/C21H17N3OS/c25-20-15-23(21(26)24(20)19-7-4-12-22-14-19)18-10-8-17(9-11-18)13-16-5-2-1-3-6-16/h1-12,14H,13,15H2. The molecule has 3 aromatic rings. The normalized spacial score (nSPS) is 14.2. The molecular weight excluding hydrogens is 342 g/mol. The van der Waals surface area contributed by atoms with Gasteiger partial charge in [-0.2, -0.15) is 0 Å². The van der Waals surface area contributed by atoms with E-state index >= 15 is 0 Å². The second kappa shape index (κ2) is 7.06. The van der Waals surface area contributed by atoms with Crippen molar-refractivity contribution in [2.24, 2.45) is 0 Å². The maximum absolute atomic E-state index is 12.4. The zero-order valence-corrected chi connectivity index (χ0v) is 14.9. The molecule has 1 amide bonds. The molecule has 4 nitrogen and oxygen atoms in total. The summed E-state index contributed by atoms with van der Waals surface area (Å²) >= 11 is 5.54. The van der Waals surface area contributed by atoms with Crippen molar-refractivity contribution in [3.8, 4) is 0 Å². The molecule has 0 N–H and O–H groups in total. The molecule has 1 aliphatic heterocycles. The average Bonchev–Trinajstić information content (AvgIpc) is 2.98. The van der Waals surface area contributed by atoms with E-state index in [1.54, 1.807) is 23.4 Å². The summed E-state index contributed by atoms with van der Waals surface area (Å²) in [4.78, 5) is 19.9. The molecule has 2 aromatic carbocycles. The predicted molar refractivity (Wildman–Crippen MR) is 107 cm³/mol. The van der Waals surface area contributed by atoms with E-state index in [9.17, 15) is 4.79 Å². The van der Waals surface area contributed by atoms with E-state index in [0.717, 1.165) is 12.1 Å². The van der Waals surface area contributed by atoms with Crippen LogP contribution in [0.5, 0.6) is 0 Å². The highest BCUT2D eigenvalue weighted by atomic mass is 32.1. The molecule has 0 radical (unpaired) electrons. The van der Waals surface area contributed by atoms with Gasteiger partial charge in [-0.25, -0.2) is 0 Å². The number of amides is 1. The van der Waals surface area contributed by atoms with E-state index in [-0.39, 0.29) is 12.5 Å². The van der Waals surface area contributed by atoms with Gasteiger partial charge in [0.15, 0.2) is 5.11 Å². The number of pyridine rings is 1. The zero-order chi connectivity index (χ0) is 17.9. The number of hydrogen-bond acceptors (Lipinski definition) is 3. The first-order chi connectivity index (χ1) is 12.7. The Morgan fingerprint density at radius 1 is 0.885 bits per heavy atom. The Labute approximate surface area is 157 Å². The minimum atomic E-state index is -0.0450. The maximum atomic E-state index is 12.4. The highest BCUT2D eigenvalue weighted by molar-refractivity contribution is 7.81. The number of aromatic nitrogens is 1. The van der Waals surface area contributed by atoms with Crippen molar-refractivity contribution in [2.75, 3.05) is 16.3 Å². The van der Waals surface area contributed by atoms with Crippen LogP contribution in [0.2, 0.25) is 0 Å². The largest absolute Gasteiger partial charge is 0.309 e. The summed E-state index contributed by atoms with van der Waals surface area (Å²) in [7, 11) is 0. The van der Waals surface area contributed by atoms with Gasteiger partial charge in [-0.1, -0.05) is 42.5 Å². The average molecular weight is 359 g/mol. The lowest BCUT2D eigenvalue weighted by Crippen LogP contribution is -2.32. The summed E-state index contributed by atoms with van der Waals surface area (Å²) in [6.07, 6.45) is 4.21. The van der Waals surface area contributed by atoms with Crippen LogP contribution in [-0.2, 0) is 11.2 Å². The molecular formula is C21H17N3OS. The summed E-state index contributed by atoms with van der Waals surface area (Å²) in [5.41, 5.74) is 4.12. The first kappa shape index (κ1) is 16.4. The third-order valence-electron chi connectivity index (χ3n) is 4.37. The van der Waals surface area contributed by atoms with Crippen LogP contribution in [0.15, 0.2) is 79.1 Å². The fraction of sp³-hybridized carbons (Fsp3) is 0.0952. The number of carbonyl (C=O) groups is 1. The molecule has 4 rings (SSSR count). The van der Waals surface area contributed by atoms with Gasteiger partial charge in [-0.05, 0) is 54.0 Å². The number of rotatable bonds is 4. The Kier molecular flexibility index (Phi) is 4.46. The molecule has 1 aromatic heterocycles. The second-order valence-corrected chi connectivity index (χ2v) is 6.50. The van der Waals surface area contributed by atoms with Crippen LogP contribution in [0, 0.1) is 0 Å². The number of hydrogen-bond donors (Lipinski definition) is 0. The van der Waals surface area contributed by atoms with E-state index in [4.69, 9.17) is 12.2 Å². The van der Waals surface area contributed by atoms with Crippen molar-refractivity contribution in [1.82, 2.24) is 4.98 Å². The summed E-state index contributed by atoms with van der Waals surface area (Å²) in [5.74, 6) is -0.0450. The van der Waals surface area contributed by atoms with Crippen LogP contribution in [0.25, 0.3) is 0 Å². The molecule has 1 fully saturated rings. The van der Waals surface area contributed by atoms with Crippen LogP contribution in [0.4, 0.5) is 11.4 Å². The van der Waals surface area contributed by atoms with Crippen molar-refractivity contribution < 1.29 is 4.79 Å². The zero-order valence-electron chi connectivity index (χ0n) is 14.1. The lowest BCUT2D eigenvalue weighted by molar-refractivity contribution is -0.115. The number of nitrogens with zero attached hydrogens (tertiary/aromatic N) is 3. The van der Waals surface area contributed by atoms with E-state index in [1.807, 2.05) is 41.3 Å². The quantitative estimate of drug-likeness (QED) is 0.664. The van der Waals surface area contributed by atoms with Gasteiger partial charge in [0.1, 0.15) is 6.54 Å². The molecule has 0 spiro atoms. The van der Waals surface area contributed by atoms with Crippen molar-refractivity contribution in [2.45, 2.75) is 6.42 Å². The summed E-state index contributed by atoms with van der Waals surface area (Å²) < 4.78 is 0. The van der Waals surface area contributed by atoms with Gasteiger partial charge in [-0.3, -0.25) is 14.7 Å².